The van der Waals surface area contributed by atoms with E-state index in [2.05, 4.69) is 0 Å². The fourth-order valence-electron chi connectivity index (χ4n) is 5.71. The van der Waals surface area contributed by atoms with Gasteiger partial charge in [0.1, 0.15) is 0 Å². The molecule has 0 bridgehead atoms. The highest BCUT2D eigenvalue weighted by Crippen LogP contribution is 2.89. The van der Waals surface area contributed by atoms with Crippen molar-refractivity contribution in [2.45, 2.75) is 94.3 Å². The van der Waals surface area contributed by atoms with Crippen molar-refractivity contribution in [3.63, 3.8) is 0 Å². The lowest BCUT2D eigenvalue weighted by Crippen LogP contribution is -3.04. The summed E-state index contributed by atoms with van der Waals surface area (Å²) >= 11 is 0. The average Bonchev–Trinajstić information content (AvgIpc) is 2.83. The van der Waals surface area contributed by atoms with Crippen molar-refractivity contribution in [1.82, 2.24) is 0 Å². The zero-order chi connectivity index (χ0) is 38.5. The number of hydrogen-bond donors (Lipinski definition) is 0. The highest BCUT2D eigenvalue weighted by atomic mass is 19.4. The Bertz CT molecular complexity index is 1310. The van der Waals surface area contributed by atoms with Gasteiger partial charge in [-0.1, -0.05) is 0 Å². The lowest BCUT2D eigenvalue weighted by Gasteiger charge is -2.70. The molecule has 0 N–H and O–H groups in total. The zero-order valence-corrected chi connectivity index (χ0v) is 19.8. The molecule has 3 atom stereocenters. The van der Waals surface area contributed by atoms with Gasteiger partial charge in [0.05, 0.1) is 0 Å². The molecular weight excluding hydrogens is 774 g/mol. The number of rotatable bonds is 1. The Morgan fingerprint density at radius 1 is 0.191 bits per heavy atom. The molecule has 0 radical (unpaired) electrons. The summed E-state index contributed by atoms with van der Waals surface area (Å²) < 4.78 is 432. The molecule has 0 heterocycles. The molecule has 3 unspecified atom stereocenters. The van der Waals surface area contributed by atoms with Gasteiger partial charge in [-0.25, -0.2) is 13.2 Å². The van der Waals surface area contributed by atoms with Gasteiger partial charge in [-0.15, -0.1) is 0 Å². The van der Waals surface area contributed by atoms with Gasteiger partial charge in [-0.05, 0) is 0 Å². The molecule has 0 amide bonds. The summed E-state index contributed by atoms with van der Waals surface area (Å²) in [6.07, 6.45) is -10.2. The van der Waals surface area contributed by atoms with Crippen LogP contribution in [0.5, 0.6) is 0 Å². The van der Waals surface area contributed by atoms with Crippen LogP contribution in [0, 0.1) is 5.41 Å². The van der Waals surface area contributed by atoms with Gasteiger partial charge in [0.15, 0.2) is 0 Å². The number of halogens is 30. The van der Waals surface area contributed by atoms with Crippen molar-refractivity contribution in [2.75, 3.05) is 0 Å². The zero-order valence-electron chi connectivity index (χ0n) is 19.8. The van der Waals surface area contributed by atoms with Crippen LogP contribution in [0.3, 0.4) is 0 Å². The van der Waals surface area contributed by atoms with Crippen LogP contribution in [0.1, 0.15) is 0 Å². The van der Waals surface area contributed by atoms with Gasteiger partial charge in [0.25, 0.3) is 17.0 Å². The largest absolute Gasteiger partial charge is 0.410 e. The number of hydrogen-bond acceptors (Lipinski definition) is 0. The second-order valence-electron chi connectivity index (χ2n) is 10.1. The predicted octanol–water partition coefficient (Wildman–Crippen LogP) is 9.32. The fourth-order valence-corrected chi connectivity index (χ4v) is 5.71. The molecule has 0 aromatic carbocycles. The van der Waals surface area contributed by atoms with Crippen LogP contribution in [-0.2, 0) is 0 Å². The van der Waals surface area contributed by atoms with E-state index in [1.54, 1.807) is 0 Å². The van der Waals surface area contributed by atoms with Crippen LogP contribution < -0.4 is 0 Å². The topological polar surface area (TPSA) is 0 Å². The summed E-state index contributed by atoms with van der Waals surface area (Å²) in [4.78, 5) is 0. The second-order valence-corrected chi connectivity index (χ2v) is 10.1. The molecule has 0 aromatic heterocycles. The van der Waals surface area contributed by atoms with Crippen LogP contribution >= 0.6 is 0 Å². The molecule has 0 aromatic rings. The first-order valence-electron chi connectivity index (χ1n) is 10.4. The first-order valence-corrected chi connectivity index (χ1v) is 10.4. The van der Waals surface area contributed by atoms with E-state index < -0.39 is 99.7 Å². The normalized spacial score (nSPS) is 41.7. The Labute approximate surface area is 233 Å². The van der Waals surface area contributed by atoms with E-state index in [4.69, 9.17) is 0 Å². The molecule has 0 nitrogen and oxygen atoms in total. The molecule has 278 valence electrons. The standard InChI is InChI=1S/C17F30/c18-2(1(17(45,46)47)5(21,22)11(33,34)16(43,44)12(35,36)6(1,23)24)3(19)4(20,9(29,30)13(37,38)7(2,25)26)10(31,32)15(41,42)14(39,40)8(3,27)28. The molecule has 3 fully saturated rings. The maximum Gasteiger partial charge on any atom is 0.410 e. The van der Waals surface area contributed by atoms with E-state index in [0.29, 0.717) is 0 Å². The molecule has 0 saturated heterocycles. The quantitative estimate of drug-likeness (QED) is 0.233. The van der Waals surface area contributed by atoms with Gasteiger partial charge in [0.2, 0.25) is 5.41 Å². The van der Waals surface area contributed by atoms with Crippen LogP contribution in [0.15, 0.2) is 0 Å². The maximum absolute atomic E-state index is 16.2. The van der Waals surface area contributed by atoms with E-state index in [1.165, 1.54) is 0 Å². The van der Waals surface area contributed by atoms with Crippen LogP contribution in [0.25, 0.3) is 0 Å². The predicted molar refractivity (Wildman–Crippen MR) is 79.4 cm³/mol. The van der Waals surface area contributed by atoms with Gasteiger partial charge >= 0.3 is 77.2 Å². The SMILES string of the molecule is FC(F)(F)C1(C2(F)C(F)(F)C(F)(F)C(F)(F)C3(F)C(F)(F)C(F)(F)C(F)(F)C(F)(F)C32F)C(F)(F)C(F)(F)C(F)(F)C(F)(F)C1(F)F. The van der Waals surface area contributed by atoms with Gasteiger partial charge in [0, 0.05) is 0 Å². The van der Waals surface area contributed by atoms with Crippen molar-refractivity contribution in [2.24, 2.45) is 5.41 Å². The lowest BCUT2D eigenvalue weighted by molar-refractivity contribution is -0.601. The second kappa shape index (κ2) is 8.10. The summed E-state index contributed by atoms with van der Waals surface area (Å²) in [7, 11) is 0. The minimum atomic E-state index is -11.2. The summed E-state index contributed by atoms with van der Waals surface area (Å²) in [5, 5.41) is 0. The third kappa shape index (κ3) is 2.70. The molecule has 3 aliphatic carbocycles. The molecule has 3 saturated carbocycles. The van der Waals surface area contributed by atoms with Crippen molar-refractivity contribution in [1.29, 1.82) is 0 Å². The molecule has 3 aliphatic rings. The fraction of sp³-hybridized carbons (Fsp3) is 1.00. The van der Waals surface area contributed by atoms with Gasteiger partial charge in [-0.2, -0.15) is 119 Å². The molecule has 30 heteroatoms. The molecular formula is C17F30. The third-order valence-corrected chi connectivity index (χ3v) is 8.11. The first kappa shape index (κ1) is 39.3. The van der Waals surface area contributed by atoms with E-state index >= 15 is 13.2 Å². The highest BCUT2D eigenvalue weighted by Gasteiger charge is 3.21. The average molecular weight is 774 g/mol. The summed E-state index contributed by atoms with van der Waals surface area (Å²) in [5.74, 6) is -118. The number of alkyl halides is 30. The van der Waals surface area contributed by atoms with E-state index in [-0.39, 0.29) is 0 Å². The Kier molecular flexibility index (Phi) is 6.78. The first-order chi connectivity index (χ1) is 19.8. The monoisotopic (exact) mass is 774 g/mol. The van der Waals surface area contributed by atoms with Gasteiger partial charge in [-0.3, -0.25) is 0 Å². The maximum atomic E-state index is 16.2. The lowest BCUT2D eigenvalue weighted by atomic mass is 9.41. The smallest absolute Gasteiger partial charge is 0.231 e. The number of fused-ring (bicyclic) bond motifs is 1. The van der Waals surface area contributed by atoms with E-state index in [0.717, 1.165) is 0 Å². The van der Waals surface area contributed by atoms with Crippen LogP contribution in [0.4, 0.5) is 132 Å². The summed E-state index contributed by atoms with van der Waals surface area (Å²) in [6, 6.07) is 0. The Morgan fingerprint density at radius 2 is 0.362 bits per heavy atom. The molecule has 3 rings (SSSR count). The Morgan fingerprint density at radius 3 is 0.617 bits per heavy atom. The Hall–Kier alpha value is -2.10. The van der Waals surface area contributed by atoms with Crippen molar-refractivity contribution in [3.8, 4) is 0 Å². The minimum Gasteiger partial charge on any atom is -0.231 e. The minimum absolute atomic E-state index is 9.14. The highest BCUT2D eigenvalue weighted by molar-refractivity contribution is 5.50. The van der Waals surface area contributed by atoms with E-state index in [9.17, 15) is 119 Å². The molecule has 0 spiro atoms. The Balaban J connectivity index is 3.05. The van der Waals surface area contributed by atoms with Crippen molar-refractivity contribution >= 4 is 0 Å². The van der Waals surface area contributed by atoms with Crippen molar-refractivity contribution in [3.05, 3.63) is 0 Å². The molecule has 0 aliphatic heterocycles. The third-order valence-electron chi connectivity index (χ3n) is 8.11. The van der Waals surface area contributed by atoms with Crippen LogP contribution in [0.2, 0.25) is 0 Å². The summed E-state index contributed by atoms with van der Waals surface area (Å²) in [6.45, 7) is 0. The van der Waals surface area contributed by atoms with Crippen LogP contribution in [-0.4, -0.2) is 94.3 Å². The van der Waals surface area contributed by atoms with E-state index in [1.807, 2.05) is 0 Å². The summed E-state index contributed by atoms with van der Waals surface area (Å²) in [5.41, 5.74) is -43.3. The molecule has 47 heavy (non-hydrogen) atoms. The van der Waals surface area contributed by atoms with Crippen molar-refractivity contribution < 1.29 is 132 Å². The van der Waals surface area contributed by atoms with Gasteiger partial charge < -0.3 is 0 Å².